The molecule has 12 heavy (non-hydrogen) atoms. The predicted octanol–water partition coefficient (Wildman–Crippen LogP) is 2.33. The summed E-state index contributed by atoms with van der Waals surface area (Å²) in [4.78, 5) is 21.9. The van der Waals surface area contributed by atoms with Gasteiger partial charge in [0.1, 0.15) is 12.1 Å². The predicted molar refractivity (Wildman–Crippen MR) is 56.0 cm³/mol. The minimum atomic E-state index is -0.427. The van der Waals surface area contributed by atoms with Crippen molar-refractivity contribution in [2.24, 2.45) is 5.92 Å². The Morgan fingerprint density at radius 1 is 1.58 bits per heavy atom. The molecule has 2 unspecified atom stereocenters. The first-order chi connectivity index (χ1) is 5.61. The Balaban J connectivity index is 3.93. The topological polar surface area (TPSA) is 34.1 Å². The SMILES string of the molecule is CC(Br)CC(=O)C(C=O)CCBr. The number of carbonyl (C=O) groups excluding carboxylic acids is 2. The maximum atomic E-state index is 11.3. The molecule has 70 valence electrons. The van der Waals surface area contributed by atoms with Gasteiger partial charge in [-0.05, 0) is 6.42 Å². The number of carbonyl (C=O) groups is 2. The fourth-order valence-corrected chi connectivity index (χ4v) is 1.66. The molecule has 0 aliphatic rings. The van der Waals surface area contributed by atoms with E-state index in [4.69, 9.17) is 0 Å². The second-order valence-electron chi connectivity index (χ2n) is 2.67. The van der Waals surface area contributed by atoms with Crippen molar-refractivity contribution in [1.29, 1.82) is 0 Å². The van der Waals surface area contributed by atoms with E-state index in [2.05, 4.69) is 31.9 Å². The summed E-state index contributed by atoms with van der Waals surface area (Å²) < 4.78 is 0. The standard InChI is InChI=1S/C8H12Br2O2/c1-6(10)4-8(12)7(5-11)2-3-9/h5-7H,2-4H2,1H3. The Bertz CT molecular complexity index is 157. The van der Waals surface area contributed by atoms with Gasteiger partial charge in [-0.2, -0.15) is 0 Å². The zero-order chi connectivity index (χ0) is 9.56. The maximum absolute atomic E-state index is 11.3. The van der Waals surface area contributed by atoms with E-state index < -0.39 is 5.92 Å². The van der Waals surface area contributed by atoms with Gasteiger partial charge in [-0.15, -0.1) is 0 Å². The molecule has 0 aliphatic carbocycles. The molecule has 0 spiro atoms. The molecule has 0 aliphatic heterocycles. The van der Waals surface area contributed by atoms with Crippen LogP contribution in [0.5, 0.6) is 0 Å². The summed E-state index contributed by atoms with van der Waals surface area (Å²) in [6.07, 6.45) is 1.76. The largest absolute Gasteiger partial charge is 0.303 e. The Morgan fingerprint density at radius 2 is 2.17 bits per heavy atom. The van der Waals surface area contributed by atoms with Gasteiger partial charge in [0, 0.05) is 16.6 Å². The molecule has 0 N–H and O–H groups in total. The van der Waals surface area contributed by atoms with E-state index >= 15 is 0 Å². The van der Waals surface area contributed by atoms with Crippen molar-refractivity contribution < 1.29 is 9.59 Å². The molecule has 0 rings (SSSR count). The van der Waals surface area contributed by atoms with Crippen molar-refractivity contribution >= 4 is 43.9 Å². The van der Waals surface area contributed by atoms with Gasteiger partial charge >= 0.3 is 0 Å². The highest BCUT2D eigenvalue weighted by Gasteiger charge is 2.17. The monoisotopic (exact) mass is 298 g/mol. The molecule has 0 radical (unpaired) electrons. The third kappa shape index (κ3) is 5.04. The van der Waals surface area contributed by atoms with Crippen LogP contribution in [0.15, 0.2) is 0 Å². The van der Waals surface area contributed by atoms with Gasteiger partial charge in [0.05, 0.1) is 5.92 Å². The van der Waals surface area contributed by atoms with Crippen LogP contribution in [-0.4, -0.2) is 22.2 Å². The number of hydrogen-bond acceptors (Lipinski definition) is 2. The van der Waals surface area contributed by atoms with Crippen LogP contribution in [0.4, 0.5) is 0 Å². The highest BCUT2D eigenvalue weighted by atomic mass is 79.9. The Kier molecular flexibility index (Phi) is 6.95. The maximum Gasteiger partial charge on any atom is 0.144 e. The number of rotatable bonds is 6. The Labute approximate surface area is 89.4 Å². The van der Waals surface area contributed by atoms with Crippen LogP contribution < -0.4 is 0 Å². The van der Waals surface area contributed by atoms with E-state index in [-0.39, 0.29) is 10.6 Å². The summed E-state index contributed by atoms with van der Waals surface area (Å²) in [5.41, 5.74) is 0. The lowest BCUT2D eigenvalue weighted by molar-refractivity contribution is -0.127. The van der Waals surface area contributed by atoms with Crippen LogP contribution in [0.3, 0.4) is 0 Å². The first kappa shape index (κ1) is 12.3. The molecule has 0 aromatic carbocycles. The molecule has 0 fully saturated rings. The zero-order valence-corrected chi connectivity index (χ0v) is 10.1. The van der Waals surface area contributed by atoms with Gasteiger partial charge in [0.15, 0.2) is 0 Å². The van der Waals surface area contributed by atoms with Crippen molar-refractivity contribution in [3.8, 4) is 0 Å². The van der Waals surface area contributed by atoms with Crippen molar-refractivity contribution in [3.05, 3.63) is 0 Å². The molecule has 2 atom stereocenters. The van der Waals surface area contributed by atoms with Crippen molar-refractivity contribution in [3.63, 3.8) is 0 Å². The molecule has 0 amide bonds. The fourth-order valence-electron chi connectivity index (χ4n) is 0.851. The van der Waals surface area contributed by atoms with E-state index in [1.807, 2.05) is 6.92 Å². The van der Waals surface area contributed by atoms with Crippen LogP contribution in [-0.2, 0) is 9.59 Å². The van der Waals surface area contributed by atoms with Gasteiger partial charge in [-0.25, -0.2) is 0 Å². The summed E-state index contributed by atoms with van der Waals surface area (Å²) in [6, 6.07) is 0. The molecule has 0 aromatic heterocycles. The molecule has 0 saturated heterocycles. The highest BCUT2D eigenvalue weighted by Crippen LogP contribution is 2.11. The number of aldehydes is 1. The average molecular weight is 300 g/mol. The number of Topliss-reactive ketones (excluding diaryl/α,β-unsaturated/α-hetero) is 1. The molecular weight excluding hydrogens is 288 g/mol. The lowest BCUT2D eigenvalue weighted by atomic mass is 10.00. The van der Waals surface area contributed by atoms with Crippen LogP contribution in [0.2, 0.25) is 0 Å². The van der Waals surface area contributed by atoms with Crippen LogP contribution in [0.1, 0.15) is 19.8 Å². The summed E-state index contributed by atoms with van der Waals surface area (Å²) in [6.45, 7) is 1.90. The van der Waals surface area contributed by atoms with E-state index in [1.54, 1.807) is 0 Å². The van der Waals surface area contributed by atoms with Gasteiger partial charge in [0.2, 0.25) is 0 Å². The summed E-state index contributed by atoms with van der Waals surface area (Å²) in [7, 11) is 0. The van der Waals surface area contributed by atoms with Crippen molar-refractivity contribution in [1.82, 2.24) is 0 Å². The molecule has 4 heteroatoms. The molecule has 2 nitrogen and oxygen atoms in total. The highest BCUT2D eigenvalue weighted by molar-refractivity contribution is 9.09. The fraction of sp³-hybridized carbons (Fsp3) is 0.750. The van der Waals surface area contributed by atoms with E-state index in [0.717, 1.165) is 6.29 Å². The lowest BCUT2D eigenvalue weighted by Crippen LogP contribution is -2.18. The minimum absolute atomic E-state index is 0.0221. The second-order valence-corrected chi connectivity index (χ2v) is 5.03. The molecule has 0 bridgehead atoms. The summed E-state index contributed by atoms with van der Waals surface area (Å²) in [5.74, 6) is -0.404. The number of ketones is 1. The van der Waals surface area contributed by atoms with Crippen molar-refractivity contribution in [2.75, 3.05) is 5.33 Å². The molecular formula is C8H12Br2O2. The van der Waals surface area contributed by atoms with Gasteiger partial charge in [-0.3, -0.25) is 4.79 Å². The third-order valence-corrected chi connectivity index (χ3v) is 2.26. The summed E-state index contributed by atoms with van der Waals surface area (Å²) >= 11 is 6.48. The molecule has 0 saturated carbocycles. The summed E-state index contributed by atoms with van der Waals surface area (Å²) in [5, 5.41) is 0.693. The van der Waals surface area contributed by atoms with E-state index in [1.165, 1.54) is 0 Å². The first-order valence-electron chi connectivity index (χ1n) is 3.79. The van der Waals surface area contributed by atoms with E-state index in [0.29, 0.717) is 18.2 Å². The number of halogens is 2. The Morgan fingerprint density at radius 3 is 2.50 bits per heavy atom. The first-order valence-corrected chi connectivity index (χ1v) is 5.83. The smallest absolute Gasteiger partial charge is 0.144 e. The average Bonchev–Trinajstić information content (AvgIpc) is 1.98. The Hall–Kier alpha value is 0.300. The quantitative estimate of drug-likeness (QED) is 0.428. The minimum Gasteiger partial charge on any atom is -0.303 e. The number of alkyl halides is 2. The van der Waals surface area contributed by atoms with Gasteiger partial charge < -0.3 is 4.79 Å². The zero-order valence-electron chi connectivity index (χ0n) is 6.93. The molecule has 0 heterocycles. The van der Waals surface area contributed by atoms with E-state index in [9.17, 15) is 9.59 Å². The third-order valence-electron chi connectivity index (χ3n) is 1.48. The normalized spacial score (nSPS) is 15.2. The van der Waals surface area contributed by atoms with Gasteiger partial charge in [-0.1, -0.05) is 38.8 Å². The molecule has 0 aromatic rings. The lowest BCUT2D eigenvalue weighted by Gasteiger charge is -2.07. The van der Waals surface area contributed by atoms with Crippen LogP contribution >= 0.6 is 31.9 Å². The van der Waals surface area contributed by atoms with Crippen molar-refractivity contribution in [2.45, 2.75) is 24.6 Å². The second kappa shape index (κ2) is 6.78. The van der Waals surface area contributed by atoms with Crippen LogP contribution in [0, 0.1) is 5.92 Å². The van der Waals surface area contributed by atoms with Crippen LogP contribution in [0.25, 0.3) is 0 Å². The van der Waals surface area contributed by atoms with Gasteiger partial charge in [0.25, 0.3) is 0 Å². The number of hydrogen-bond donors (Lipinski definition) is 0.